The average molecular weight is 403 g/mol. The van der Waals surface area contributed by atoms with Gasteiger partial charge in [0.05, 0.1) is 18.1 Å². The van der Waals surface area contributed by atoms with Crippen LogP contribution in [0.3, 0.4) is 0 Å². The Balaban J connectivity index is 1.23. The lowest BCUT2D eigenvalue weighted by Gasteiger charge is -2.23. The number of amides is 1. The van der Waals surface area contributed by atoms with E-state index in [-0.39, 0.29) is 36.1 Å². The Morgan fingerprint density at radius 2 is 1.87 bits per heavy atom. The molecule has 2 bridgehead atoms. The van der Waals surface area contributed by atoms with E-state index < -0.39 is 0 Å². The molecule has 7 nitrogen and oxygen atoms in total. The molecule has 7 heteroatoms. The zero-order valence-corrected chi connectivity index (χ0v) is 16.6. The molecule has 3 fully saturated rings. The number of nitriles is 1. The van der Waals surface area contributed by atoms with Crippen molar-refractivity contribution >= 4 is 5.91 Å². The number of para-hydroxylation sites is 2. The molecule has 0 aliphatic carbocycles. The van der Waals surface area contributed by atoms with Crippen LogP contribution in [0.5, 0.6) is 11.5 Å². The molecule has 3 heterocycles. The highest BCUT2D eigenvalue weighted by atomic mass is 16.5. The number of fused-ring (bicyclic) bond motifs is 2. The summed E-state index contributed by atoms with van der Waals surface area (Å²) in [6, 6.07) is 17.7. The van der Waals surface area contributed by atoms with Gasteiger partial charge in [-0.3, -0.25) is 4.79 Å². The molecule has 30 heavy (non-hydrogen) atoms. The van der Waals surface area contributed by atoms with Crippen molar-refractivity contribution in [3.63, 3.8) is 0 Å². The van der Waals surface area contributed by atoms with Crippen molar-refractivity contribution in [1.82, 2.24) is 21.1 Å². The van der Waals surface area contributed by atoms with Crippen LogP contribution in [0.4, 0.5) is 0 Å². The molecule has 2 aromatic rings. The lowest BCUT2D eigenvalue weighted by atomic mass is 9.95. The standard InChI is InChI=1S/C23H25N5O2/c24-14-28-15-10-11-21(28)19(12-15)25-23(29)20-13-18(26-27-20)17-8-4-5-9-22(17)30-16-6-2-1-3-7-16/h1-9,15,18-21,26-27H,10-13H2,(H,25,29)/t15-,18?,19+,20?,21+/m1/s1. The second kappa shape index (κ2) is 7.98. The molecule has 2 unspecified atom stereocenters. The Bertz CT molecular complexity index is 960. The number of hydrazine groups is 1. The van der Waals surface area contributed by atoms with Crippen LogP contribution in [0.25, 0.3) is 0 Å². The smallest absolute Gasteiger partial charge is 0.238 e. The number of benzene rings is 2. The SMILES string of the molecule is N#CN1[C@@H]2CC[C@H]1[C@@H](NC(=O)C1CC(c3ccccc3Oc3ccccc3)NN1)C2. The van der Waals surface area contributed by atoms with Crippen LogP contribution in [0.15, 0.2) is 54.6 Å². The lowest BCUT2D eigenvalue weighted by molar-refractivity contribution is -0.123. The van der Waals surface area contributed by atoms with Gasteiger partial charge in [0.2, 0.25) is 5.91 Å². The van der Waals surface area contributed by atoms with Crippen molar-refractivity contribution in [1.29, 1.82) is 5.26 Å². The zero-order chi connectivity index (χ0) is 20.5. The van der Waals surface area contributed by atoms with E-state index in [1.807, 2.05) is 59.5 Å². The fraction of sp³-hybridized carbons (Fsp3) is 0.391. The van der Waals surface area contributed by atoms with E-state index in [2.05, 4.69) is 22.4 Å². The number of carbonyl (C=O) groups excluding carboxylic acids is 1. The molecular weight excluding hydrogens is 378 g/mol. The first-order chi connectivity index (χ1) is 14.7. The number of carbonyl (C=O) groups is 1. The fourth-order valence-electron chi connectivity index (χ4n) is 4.99. The highest BCUT2D eigenvalue weighted by molar-refractivity contribution is 5.82. The summed E-state index contributed by atoms with van der Waals surface area (Å²) in [4.78, 5) is 14.7. The van der Waals surface area contributed by atoms with E-state index in [0.29, 0.717) is 6.42 Å². The number of ether oxygens (including phenoxy) is 1. The minimum atomic E-state index is -0.325. The van der Waals surface area contributed by atoms with Gasteiger partial charge in [0.15, 0.2) is 6.19 Å². The van der Waals surface area contributed by atoms with E-state index in [1.165, 1.54) is 0 Å². The predicted octanol–water partition coefficient (Wildman–Crippen LogP) is 2.59. The number of rotatable bonds is 5. The maximum Gasteiger partial charge on any atom is 0.238 e. The molecule has 3 saturated heterocycles. The minimum Gasteiger partial charge on any atom is -0.457 e. The summed E-state index contributed by atoms with van der Waals surface area (Å²) < 4.78 is 6.08. The normalized spacial score (nSPS) is 29.6. The number of nitrogens with zero attached hydrogens (tertiary/aromatic N) is 2. The van der Waals surface area contributed by atoms with Crippen LogP contribution in [-0.2, 0) is 4.79 Å². The third-order valence-corrected chi connectivity index (χ3v) is 6.47. The summed E-state index contributed by atoms with van der Waals surface area (Å²) in [5.41, 5.74) is 7.41. The molecule has 2 aromatic carbocycles. The third-order valence-electron chi connectivity index (χ3n) is 6.47. The molecule has 3 aliphatic rings. The van der Waals surface area contributed by atoms with E-state index in [9.17, 15) is 10.1 Å². The molecule has 5 rings (SSSR count). The lowest BCUT2D eigenvalue weighted by Crippen LogP contribution is -2.50. The van der Waals surface area contributed by atoms with E-state index in [1.54, 1.807) is 0 Å². The van der Waals surface area contributed by atoms with E-state index >= 15 is 0 Å². The zero-order valence-electron chi connectivity index (χ0n) is 16.6. The van der Waals surface area contributed by atoms with Gasteiger partial charge in [-0.1, -0.05) is 36.4 Å². The highest BCUT2D eigenvalue weighted by Gasteiger charge is 2.47. The van der Waals surface area contributed by atoms with Gasteiger partial charge in [-0.2, -0.15) is 5.26 Å². The predicted molar refractivity (Wildman–Crippen MR) is 111 cm³/mol. The second-order valence-electron chi connectivity index (χ2n) is 8.24. The van der Waals surface area contributed by atoms with Crippen LogP contribution >= 0.6 is 0 Å². The topological polar surface area (TPSA) is 89.4 Å². The van der Waals surface area contributed by atoms with Gasteiger partial charge in [0.1, 0.15) is 17.5 Å². The Hall–Kier alpha value is -3.08. The summed E-state index contributed by atoms with van der Waals surface area (Å²) in [6.45, 7) is 0. The minimum absolute atomic E-state index is 0.0121. The molecular formula is C23H25N5O2. The summed E-state index contributed by atoms with van der Waals surface area (Å²) in [6.07, 6.45) is 5.81. The highest BCUT2D eigenvalue weighted by Crippen LogP contribution is 2.37. The monoisotopic (exact) mass is 403 g/mol. The van der Waals surface area contributed by atoms with Crippen molar-refractivity contribution in [3.05, 3.63) is 60.2 Å². The molecule has 0 radical (unpaired) electrons. The first-order valence-corrected chi connectivity index (χ1v) is 10.5. The van der Waals surface area contributed by atoms with Gasteiger partial charge in [0.25, 0.3) is 0 Å². The van der Waals surface area contributed by atoms with Gasteiger partial charge in [-0.05, 0) is 43.9 Å². The van der Waals surface area contributed by atoms with Crippen molar-refractivity contribution in [2.24, 2.45) is 0 Å². The Kier molecular flexibility index (Phi) is 5.03. The maximum atomic E-state index is 12.9. The van der Waals surface area contributed by atoms with Crippen LogP contribution in [-0.4, -0.2) is 35.0 Å². The van der Waals surface area contributed by atoms with Crippen LogP contribution in [0, 0.1) is 11.5 Å². The van der Waals surface area contributed by atoms with Gasteiger partial charge < -0.3 is 15.0 Å². The Morgan fingerprint density at radius 1 is 1.07 bits per heavy atom. The maximum absolute atomic E-state index is 12.9. The largest absolute Gasteiger partial charge is 0.457 e. The first-order valence-electron chi connectivity index (χ1n) is 10.5. The third kappa shape index (κ3) is 3.49. The van der Waals surface area contributed by atoms with Crippen LogP contribution in [0.2, 0.25) is 0 Å². The second-order valence-corrected chi connectivity index (χ2v) is 8.24. The van der Waals surface area contributed by atoms with Crippen molar-refractivity contribution < 1.29 is 9.53 Å². The van der Waals surface area contributed by atoms with Gasteiger partial charge in [-0.15, -0.1) is 0 Å². The van der Waals surface area contributed by atoms with Gasteiger partial charge in [0, 0.05) is 11.6 Å². The summed E-state index contributed by atoms with van der Waals surface area (Å²) in [5.74, 6) is 1.55. The number of nitrogens with one attached hydrogen (secondary N) is 3. The van der Waals surface area contributed by atoms with Crippen molar-refractivity contribution in [3.8, 4) is 17.7 Å². The van der Waals surface area contributed by atoms with Crippen molar-refractivity contribution in [2.75, 3.05) is 0 Å². The van der Waals surface area contributed by atoms with E-state index in [4.69, 9.17) is 4.74 Å². The average Bonchev–Trinajstić information content (AvgIpc) is 3.49. The molecule has 0 spiro atoms. The molecule has 5 atom stereocenters. The summed E-state index contributed by atoms with van der Waals surface area (Å²) >= 11 is 0. The molecule has 154 valence electrons. The molecule has 3 aliphatic heterocycles. The summed E-state index contributed by atoms with van der Waals surface area (Å²) in [5, 5.41) is 12.5. The van der Waals surface area contributed by atoms with Crippen molar-refractivity contribution in [2.45, 2.75) is 55.9 Å². The van der Waals surface area contributed by atoms with E-state index in [0.717, 1.165) is 36.3 Å². The van der Waals surface area contributed by atoms with Crippen LogP contribution in [0.1, 0.15) is 37.3 Å². The molecule has 0 saturated carbocycles. The molecule has 1 amide bonds. The van der Waals surface area contributed by atoms with Gasteiger partial charge in [-0.25, -0.2) is 10.9 Å². The Morgan fingerprint density at radius 3 is 2.67 bits per heavy atom. The molecule has 3 N–H and O–H groups in total. The number of hydrogen-bond donors (Lipinski definition) is 3. The first kappa shape index (κ1) is 18.9. The Labute approximate surface area is 176 Å². The van der Waals surface area contributed by atoms with Gasteiger partial charge >= 0.3 is 0 Å². The van der Waals surface area contributed by atoms with Crippen LogP contribution < -0.4 is 20.9 Å². The quantitative estimate of drug-likeness (QED) is 0.665. The summed E-state index contributed by atoms with van der Waals surface area (Å²) in [7, 11) is 0. The molecule has 0 aromatic heterocycles. The fourth-order valence-corrected chi connectivity index (χ4v) is 4.99. The number of hydrogen-bond acceptors (Lipinski definition) is 6.